The molecule has 2 atom stereocenters. The number of nitrogens with zero attached hydrogens (tertiary/aromatic N) is 4. The fourth-order valence-electron chi connectivity index (χ4n) is 5.53. The van der Waals surface area contributed by atoms with Gasteiger partial charge in [-0.1, -0.05) is 42.3 Å². The first-order valence-corrected chi connectivity index (χ1v) is 14.3. The number of rotatable bonds is 7. The number of benzene rings is 3. The Labute approximate surface area is 262 Å². The van der Waals surface area contributed by atoms with Gasteiger partial charge in [-0.25, -0.2) is 9.07 Å². The highest BCUT2D eigenvalue weighted by Crippen LogP contribution is 2.44. The van der Waals surface area contributed by atoms with Crippen molar-refractivity contribution in [3.8, 4) is 17.5 Å². The number of likely N-dealkylation sites (N-methyl/N-ethyl adjacent to an activating group) is 1. The standard InChI is InChI=1S/C34H29F4N5O3/c1-4-10-27(44)41(3)20-26-29-28(21-15-17-24(35)18-16-21)30(39-31(45)22-11-9-12-23(19-22)34(36,37)38)33(46)42(5-2)32(29)43(40-26)25-13-7-6-8-14-25/h6-9,11-19,28,30H,5,20H2,1-3H3,(H,39,45). The normalized spacial score (nSPS) is 15.9. The van der Waals surface area contributed by atoms with E-state index in [0.717, 1.165) is 12.1 Å². The molecule has 46 heavy (non-hydrogen) atoms. The van der Waals surface area contributed by atoms with Crippen LogP contribution in [0.15, 0.2) is 78.9 Å². The molecule has 0 radical (unpaired) electrons. The summed E-state index contributed by atoms with van der Waals surface area (Å²) >= 11 is 0. The zero-order valence-electron chi connectivity index (χ0n) is 25.1. The molecule has 0 bridgehead atoms. The third-order valence-corrected chi connectivity index (χ3v) is 7.66. The average molecular weight is 632 g/mol. The first-order valence-electron chi connectivity index (χ1n) is 14.3. The minimum Gasteiger partial charge on any atom is -0.339 e. The molecule has 0 saturated carbocycles. The second-order valence-corrected chi connectivity index (χ2v) is 10.6. The van der Waals surface area contributed by atoms with Crippen molar-refractivity contribution in [3.05, 3.63) is 113 Å². The molecule has 12 heteroatoms. The van der Waals surface area contributed by atoms with Crippen molar-refractivity contribution in [2.24, 2.45) is 0 Å². The van der Waals surface area contributed by atoms with Gasteiger partial charge in [-0.2, -0.15) is 18.3 Å². The summed E-state index contributed by atoms with van der Waals surface area (Å²) in [6, 6.07) is 16.9. The summed E-state index contributed by atoms with van der Waals surface area (Å²) < 4.78 is 56.1. The van der Waals surface area contributed by atoms with Gasteiger partial charge in [-0.05, 0) is 67.8 Å². The number of para-hydroxylation sites is 1. The quantitative estimate of drug-likeness (QED) is 0.221. The second kappa shape index (κ2) is 12.9. The predicted molar refractivity (Wildman–Crippen MR) is 162 cm³/mol. The van der Waals surface area contributed by atoms with Crippen LogP contribution >= 0.6 is 0 Å². The van der Waals surface area contributed by atoms with Gasteiger partial charge in [0, 0.05) is 30.6 Å². The predicted octanol–water partition coefficient (Wildman–Crippen LogP) is 5.31. The Morgan fingerprint density at radius 1 is 1.02 bits per heavy atom. The van der Waals surface area contributed by atoms with Crippen LogP contribution in [0.5, 0.6) is 0 Å². The van der Waals surface area contributed by atoms with Gasteiger partial charge in [0.1, 0.15) is 17.7 Å². The minimum absolute atomic E-state index is 0.0343. The highest BCUT2D eigenvalue weighted by Gasteiger charge is 2.46. The molecule has 0 spiro atoms. The highest BCUT2D eigenvalue weighted by molar-refractivity contribution is 6.05. The molecule has 8 nitrogen and oxygen atoms in total. The first-order chi connectivity index (χ1) is 21.9. The molecule has 0 aliphatic carbocycles. The number of hydrogen-bond acceptors (Lipinski definition) is 4. The van der Waals surface area contributed by atoms with E-state index in [9.17, 15) is 31.9 Å². The Balaban J connectivity index is 1.72. The molecule has 3 aromatic carbocycles. The molecule has 236 valence electrons. The van der Waals surface area contributed by atoms with E-state index in [2.05, 4.69) is 17.2 Å². The molecular weight excluding hydrogens is 602 g/mol. The number of amides is 3. The summed E-state index contributed by atoms with van der Waals surface area (Å²) in [5.41, 5.74) is 0.608. The number of carbonyl (C=O) groups excluding carboxylic acids is 3. The van der Waals surface area contributed by atoms with E-state index in [1.54, 1.807) is 42.9 Å². The molecule has 4 aromatic rings. The summed E-state index contributed by atoms with van der Waals surface area (Å²) in [6.07, 6.45) is -4.69. The van der Waals surface area contributed by atoms with Crippen molar-refractivity contribution in [2.45, 2.75) is 38.5 Å². The van der Waals surface area contributed by atoms with E-state index < -0.39 is 47.2 Å². The number of fused-ring (bicyclic) bond motifs is 1. The number of nitrogens with one attached hydrogen (secondary N) is 1. The topological polar surface area (TPSA) is 87.5 Å². The third kappa shape index (κ3) is 6.21. The van der Waals surface area contributed by atoms with Crippen LogP contribution in [0.3, 0.4) is 0 Å². The van der Waals surface area contributed by atoms with Gasteiger partial charge in [0.15, 0.2) is 0 Å². The lowest BCUT2D eigenvalue weighted by atomic mass is 9.80. The van der Waals surface area contributed by atoms with Crippen LogP contribution in [0, 0.1) is 17.7 Å². The van der Waals surface area contributed by atoms with Crippen LogP contribution in [-0.4, -0.2) is 52.0 Å². The van der Waals surface area contributed by atoms with Gasteiger partial charge < -0.3 is 10.2 Å². The zero-order chi connectivity index (χ0) is 33.2. The van der Waals surface area contributed by atoms with Crippen molar-refractivity contribution < 1.29 is 31.9 Å². The third-order valence-electron chi connectivity index (χ3n) is 7.66. The Kier molecular flexibility index (Phi) is 8.96. The highest BCUT2D eigenvalue weighted by atomic mass is 19.4. The van der Waals surface area contributed by atoms with E-state index >= 15 is 0 Å². The number of anilines is 1. The molecule has 0 fully saturated rings. The number of halogens is 4. The summed E-state index contributed by atoms with van der Waals surface area (Å²) in [5, 5.41) is 7.52. The van der Waals surface area contributed by atoms with Gasteiger partial charge in [-0.3, -0.25) is 19.3 Å². The number of carbonyl (C=O) groups is 3. The van der Waals surface area contributed by atoms with Crippen LogP contribution in [0.1, 0.15) is 52.5 Å². The van der Waals surface area contributed by atoms with Gasteiger partial charge in [0.25, 0.3) is 17.7 Å². The van der Waals surface area contributed by atoms with Gasteiger partial charge >= 0.3 is 6.18 Å². The monoisotopic (exact) mass is 631 g/mol. The number of alkyl halides is 3. The van der Waals surface area contributed by atoms with Crippen LogP contribution in [-0.2, 0) is 22.3 Å². The Hall–Kier alpha value is -5.44. The number of hydrogen-bond donors (Lipinski definition) is 1. The molecule has 1 aromatic heterocycles. The maximum atomic E-state index is 14.3. The van der Waals surface area contributed by atoms with E-state index in [0.29, 0.717) is 34.4 Å². The Bertz CT molecular complexity index is 1840. The summed E-state index contributed by atoms with van der Waals surface area (Å²) in [7, 11) is 1.55. The molecule has 2 heterocycles. The van der Waals surface area contributed by atoms with Crippen LogP contribution in [0.2, 0.25) is 0 Å². The molecule has 2 unspecified atom stereocenters. The van der Waals surface area contributed by atoms with Crippen molar-refractivity contribution in [2.75, 3.05) is 18.5 Å². The molecule has 1 aliphatic rings. The van der Waals surface area contributed by atoms with Crippen molar-refractivity contribution in [1.82, 2.24) is 20.0 Å². The van der Waals surface area contributed by atoms with E-state index in [1.807, 2.05) is 6.07 Å². The minimum atomic E-state index is -4.69. The zero-order valence-corrected chi connectivity index (χ0v) is 25.1. The maximum Gasteiger partial charge on any atom is 0.416 e. The fourth-order valence-corrected chi connectivity index (χ4v) is 5.53. The SMILES string of the molecule is CC#CC(=O)N(C)Cc1nn(-c2ccccc2)c2c1C(c1ccc(F)cc1)C(NC(=O)c1cccc(C(F)(F)F)c1)C(=O)N2CC. The maximum absolute atomic E-state index is 14.3. The lowest BCUT2D eigenvalue weighted by Crippen LogP contribution is -2.55. The summed E-state index contributed by atoms with van der Waals surface area (Å²) in [4.78, 5) is 43.3. The van der Waals surface area contributed by atoms with E-state index in [4.69, 9.17) is 5.10 Å². The lowest BCUT2D eigenvalue weighted by Gasteiger charge is -2.38. The van der Waals surface area contributed by atoms with E-state index in [-0.39, 0.29) is 18.7 Å². The number of aromatic nitrogens is 2. The molecule has 5 rings (SSSR count). The molecule has 1 N–H and O–H groups in total. The van der Waals surface area contributed by atoms with Crippen LogP contribution in [0.4, 0.5) is 23.4 Å². The second-order valence-electron chi connectivity index (χ2n) is 10.6. The Morgan fingerprint density at radius 3 is 2.35 bits per heavy atom. The summed E-state index contributed by atoms with van der Waals surface area (Å²) in [5.74, 6) is 2.02. The van der Waals surface area contributed by atoms with Crippen molar-refractivity contribution in [3.63, 3.8) is 0 Å². The van der Waals surface area contributed by atoms with Gasteiger partial charge in [0.2, 0.25) is 0 Å². The average Bonchev–Trinajstić information content (AvgIpc) is 3.40. The van der Waals surface area contributed by atoms with Crippen molar-refractivity contribution in [1.29, 1.82) is 0 Å². The van der Waals surface area contributed by atoms with Gasteiger partial charge in [0.05, 0.1) is 23.5 Å². The molecule has 0 saturated heterocycles. The van der Waals surface area contributed by atoms with E-state index in [1.165, 1.54) is 47.1 Å². The lowest BCUT2D eigenvalue weighted by molar-refractivity contribution is -0.137. The fraction of sp³-hybridized carbons (Fsp3) is 0.235. The van der Waals surface area contributed by atoms with Crippen LogP contribution < -0.4 is 10.2 Å². The molecule has 1 aliphatic heterocycles. The Morgan fingerprint density at radius 2 is 1.72 bits per heavy atom. The smallest absolute Gasteiger partial charge is 0.339 e. The van der Waals surface area contributed by atoms with Crippen molar-refractivity contribution >= 4 is 23.5 Å². The molecular formula is C34H29F4N5O3. The first kappa shape index (κ1) is 32.0. The largest absolute Gasteiger partial charge is 0.416 e. The van der Waals surface area contributed by atoms with Crippen LogP contribution in [0.25, 0.3) is 5.69 Å². The molecule has 3 amide bonds. The van der Waals surface area contributed by atoms with Gasteiger partial charge in [-0.15, -0.1) is 0 Å². The summed E-state index contributed by atoms with van der Waals surface area (Å²) in [6.45, 7) is 3.38.